The normalized spacial score (nSPS) is 17.4. The molecule has 5 nitrogen and oxygen atoms in total. The van der Waals surface area contributed by atoms with Crippen LogP contribution in [0.2, 0.25) is 0 Å². The van der Waals surface area contributed by atoms with E-state index in [0.29, 0.717) is 11.6 Å². The largest absolute Gasteiger partial charge is 0.464 e. The van der Waals surface area contributed by atoms with Crippen molar-refractivity contribution < 1.29 is 9.53 Å². The number of likely N-dealkylation sites (tertiary alicyclic amines) is 1. The van der Waals surface area contributed by atoms with Gasteiger partial charge >= 0.3 is 5.97 Å². The van der Waals surface area contributed by atoms with Crippen molar-refractivity contribution in [2.75, 3.05) is 38.6 Å². The van der Waals surface area contributed by atoms with Crippen molar-refractivity contribution in [2.45, 2.75) is 19.8 Å². The Labute approximate surface area is 118 Å². The number of thiazole rings is 1. The average molecular weight is 283 g/mol. The first-order valence-corrected chi connectivity index (χ1v) is 7.61. The molecule has 1 saturated heterocycles. The van der Waals surface area contributed by atoms with Crippen LogP contribution in [0.15, 0.2) is 5.38 Å². The molecular formula is C13H21N3O2S. The number of hydrogen-bond acceptors (Lipinski definition) is 6. The third kappa shape index (κ3) is 3.91. The predicted molar refractivity (Wildman–Crippen MR) is 76.8 cm³/mol. The van der Waals surface area contributed by atoms with Gasteiger partial charge in [0.05, 0.1) is 7.11 Å². The number of rotatable bonds is 5. The van der Waals surface area contributed by atoms with E-state index in [4.69, 9.17) is 0 Å². The van der Waals surface area contributed by atoms with E-state index in [-0.39, 0.29) is 5.97 Å². The van der Waals surface area contributed by atoms with Crippen LogP contribution in [0.5, 0.6) is 0 Å². The summed E-state index contributed by atoms with van der Waals surface area (Å²) in [7, 11) is 1.37. The van der Waals surface area contributed by atoms with Crippen LogP contribution in [-0.4, -0.2) is 49.1 Å². The van der Waals surface area contributed by atoms with Gasteiger partial charge in [-0.1, -0.05) is 6.92 Å². The minimum absolute atomic E-state index is 0.374. The second kappa shape index (κ2) is 6.86. The number of nitrogens with zero attached hydrogens (tertiary/aromatic N) is 2. The Morgan fingerprint density at radius 3 is 2.95 bits per heavy atom. The first kappa shape index (κ1) is 14.3. The highest BCUT2D eigenvalue weighted by Gasteiger charge is 2.18. The average Bonchev–Trinajstić information content (AvgIpc) is 2.93. The van der Waals surface area contributed by atoms with Crippen LogP contribution in [0.4, 0.5) is 5.13 Å². The standard InChI is InChI=1S/C13H21N3O2S/c1-3-16-6-4-10(5-7-16)8-14-13-15-11(9-19-13)12(17)18-2/h9-10H,3-8H2,1-2H3,(H,14,15). The molecular weight excluding hydrogens is 262 g/mol. The molecule has 0 bridgehead atoms. The van der Waals surface area contributed by atoms with E-state index in [2.05, 4.69) is 26.9 Å². The van der Waals surface area contributed by atoms with Crippen LogP contribution in [0.3, 0.4) is 0 Å². The lowest BCUT2D eigenvalue weighted by atomic mass is 9.97. The molecule has 1 aromatic rings. The number of anilines is 1. The number of esters is 1. The third-order valence-electron chi connectivity index (χ3n) is 3.60. The summed E-state index contributed by atoms with van der Waals surface area (Å²) in [6.07, 6.45) is 2.46. The molecule has 1 aliphatic rings. The van der Waals surface area contributed by atoms with Crippen molar-refractivity contribution in [3.8, 4) is 0 Å². The van der Waals surface area contributed by atoms with Gasteiger partial charge in [0.15, 0.2) is 10.8 Å². The van der Waals surface area contributed by atoms with Crippen LogP contribution in [0, 0.1) is 5.92 Å². The molecule has 6 heteroatoms. The van der Waals surface area contributed by atoms with E-state index in [1.807, 2.05) is 0 Å². The summed E-state index contributed by atoms with van der Waals surface area (Å²) in [5, 5.41) is 5.86. The maximum Gasteiger partial charge on any atom is 0.357 e. The quantitative estimate of drug-likeness (QED) is 0.838. The highest BCUT2D eigenvalue weighted by molar-refractivity contribution is 7.13. The van der Waals surface area contributed by atoms with Crippen molar-refractivity contribution >= 4 is 22.4 Å². The number of carbonyl (C=O) groups excluding carboxylic acids is 1. The highest BCUT2D eigenvalue weighted by atomic mass is 32.1. The third-order valence-corrected chi connectivity index (χ3v) is 4.40. The molecule has 2 heterocycles. The van der Waals surface area contributed by atoms with Gasteiger partial charge in [-0.25, -0.2) is 9.78 Å². The number of methoxy groups -OCH3 is 1. The molecule has 0 aliphatic carbocycles. The summed E-state index contributed by atoms with van der Waals surface area (Å²) in [6, 6.07) is 0. The Bertz CT molecular complexity index is 414. The van der Waals surface area contributed by atoms with Gasteiger partial charge in [0.2, 0.25) is 0 Å². The zero-order valence-corrected chi connectivity index (χ0v) is 12.3. The van der Waals surface area contributed by atoms with Crippen LogP contribution in [-0.2, 0) is 4.74 Å². The van der Waals surface area contributed by atoms with Crippen LogP contribution in [0.1, 0.15) is 30.3 Å². The van der Waals surface area contributed by atoms with Crippen LogP contribution < -0.4 is 5.32 Å². The van der Waals surface area contributed by atoms with Gasteiger partial charge in [0.1, 0.15) is 0 Å². The topological polar surface area (TPSA) is 54.5 Å². The van der Waals surface area contributed by atoms with Crippen molar-refractivity contribution in [1.29, 1.82) is 0 Å². The molecule has 0 saturated carbocycles. The summed E-state index contributed by atoms with van der Waals surface area (Å²) in [5.41, 5.74) is 0.385. The van der Waals surface area contributed by atoms with Crippen molar-refractivity contribution in [1.82, 2.24) is 9.88 Å². The highest BCUT2D eigenvalue weighted by Crippen LogP contribution is 2.20. The van der Waals surface area contributed by atoms with Crippen molar-refractivity contribution in [3.63, 3.8) is 0 Å². The van der Waals surface area contributed by atoms with Gasteiger partial charge in [-0.05, 0) is 38.4 Å². The van der Waals surface area contributed by atoms with E-state index >= 15 is 0 Å². The van der Waals surface area contributed by atoms with Gasteiger partial charge in [-0.3, -0.25) is 0 Å². The molecule has 0 aromatic carbocycles. The molecule has 1 fully saturated rings. The molecule has 0 atom stereocenters. The summed E-state index contributed by atoms with van der Waals surface area (Å²) in [6.45, 7) is 6.67. The minimum Gasteiger partial charge on any atom is -0.464 e. The predicted octanol–water partition coefficient (Wildman–Crippen LogP) is 2.07. The van der Waals surface area contributed by atoms with Crippen LogP contribution >= 0.6 is 11.3 Å². The monoisotopic (exact) mass is 283 g/mol. The molecule has 1 aromatic heterocycles. The van der Waals surface area contributed by atoms with Crippen LogP contribution in [0.25, 0.3) is 0 Å². The summed E-state index contributed by atoms with van der Waals surface area (Å²) in [5.74, 6) is 0.328. The smallest absolute Gasteiger partial charge is 0.357 e. The van der Waals surface area contributed by atoms with Gasteiger partial charge in [-0.15, -0.1) is 11.3 Å². The fourth-order valence-electron chi connectivity index (χ4n) is 2.29. The Balaban J connectivity index is 1.76. The molecule has 1 aliphatic heterocycles. The fraction of sp³-hybridized carbons (Fsp3) is 0.692. The zero-order chi connectivity index (χ0) is 13.7. The number of nitrogens with one attached hydrogen (secondary N) is 1. The number of carbonyl (C=O) groups is 1. The Morgan fingerprint density at radius 2 is 2.32 bits per heavy atom. The molecule has 0 radical (unpaired) electrons. The molecule has 0 amide bonds. The van der Waals surface area contributed by atoms with Gasteiger partial charge < -0.3 is 15.0 Å². The summed E-state index contributed by atoms with van der Waals surface area (Å²) in [4.78, 5) is 18.0. The Hall–Kier alpha value is -1.14. The summed E-state index contributed by atoms with van der Waals surface area (Å²) >= 11 is 1.45. The van der Waals surface area contributed by atoms with Gasteiger partial charge in [0.25, 0.3) is 0 Å². The van der Waals surface area contributed by atoms with E-state index in [9.17, 15) is 4.79 Å². The van der Waals surface area contributed by atoms with E-state index in [1.54, 1.807) is 5.38 Å². The second-order valence-corrected chi connectivity index (χ2v) is 5.65. The maximum absolute atomic E-state index is 11.3. The lowest BCUT2D eigenvalue weighted by Gasteiger charge is -2.30. The molecule has 19 heavy (non-hydrogen) atoms. The number of ether oxygens (including phenoxy) is 1. The van der Waals surface area contributed by atoms with Gasteiger partial charge in [-0.2, -0.15) is 0 Å². The van der Waals surface area contributed by atoms with Crippen molar-refractivity contribution in [2.24, 2.45) is 5.92 Å². The Morgan fingerprint density at radius 1 is 1.58 bits per heavy atom. The number of hydrogen-bond donors (Lipinski definition) is 1. The fourth-order valence-corrected chi connectivity index (χ4v) is 2.98. The summed E-state index contributed by atoms with van der Waals surface area (Å²) < 4.78 is 4.64. The lowest BCUT2D eigenvalue weighted by Crippen LogP contribution is -2.35. The van der Waals surface area contributed by atoms with E-state index in [1.165, 1.54) is 44.4 Å². The first-order valence-electron chi connectivity index (χ1n) is 6.73. The second-order valence-electron chi connectivity index (χ2n) is 4.79. The molecule has 2 rings (SSSR count). The molecule has 0 unspecified atom stereocenters. The molecule has 0 spiro atoms. The Kier molecular flexibility index (Phi) is 5.15. The zero-order valence-electron chi connectivity index (χ0n) is 11.5. The SMILES string of the molecule is CCN1CCC(CNc2nc(C(=O)OC)cs2)CC1. The molecule has 1 N–H and O–H groups in total. The first-order chi connectivity index (χ1) is 9.22. The minimum atomic E-state index is -0.374. The number of aromatic nitrogens is 1. The van der Waals surface area contributed by atoms with Crippen molar-refractivity contribution in [3.05, 3.63) is 11.1 Å². The van der Waals surface area contributed by atoms with E-state index in [0.717, 1.165) is 18.2 Å². The maximum atomic E-state index is 11.3. The number of piperidine rings is 1. The lowest BCUT2D eigenvalue weighted by molar-refractivity contribution is 0.0595. The molecule has 106 valence electrons. The van der Waals surface area contributed by atoms with E-state index < -0.39 is 0 Å². The van der Waals surface area contributed by atoms with Gasteiger partial charge in [0, 0.05) is 11.9 Å².